The fraction of sp³-hybridized carbons (Fsp3) is 0.304. The third-order valence-electron chi connectivity index (χ3n) is 5.54. The summed E-state index contributed by atoms with van der Waals surface area (Å²) in [5.74, 6) is 0.429. The minimum atomic E-state index is -3.57. The molecule has 4 rings (SSSR count). The number of hydrogen-bond donors (Lipinski definition) is 3. The van der Waals surface area contributed by atoms with E-state index in [4.69, 9.17) is 11.6 Å². The molecule has 3 aromatic rings. The molecule has 0 amide bonds. The lowest BCUT2D eigenvalue weighted by molar-refractivity contribution is 0.248. The van der Waals surface area contributed by atoms with Gasteiger partial charge in [0.25, 0.3) is 0 Å². The zero-order chi connectivity index (χ0) is 24.1. The number of sulfonamides is 1. The Kier molecular flexibility index (Phi) is 7.62. The van der Waals surface area contributed by atoms with E-state index in [9.17, 15) is 12.8 Å². The summed E-state index contributed by atoms with van der Waals surface area (Å²) < 4.78 is 41.3. The topological polar surface area (TPSA) is 99.3 Å². The van der Waals surface area contributed by atoms with Crippen molar-refractivity contribution < 1.29 is 12.8 Å². The van der Waals surface area contributed by atoms with Gasteiger partial charge in [0.15, 0.2) is 0 Å². The van der Waals surface area contributed by atoms with Crippen molar-refractivity contribution in [3.05, 3.63) is 71.1 Å². The van der Waals surface area contributed by atoms with Crippen LogP contribution in [-0.2, 0) is 16.6 Å². The molecule has 0 aliphatic carbocycles. The van der Waals surface area contributed by atoms with Gasteiger partial charge in [0.1, 0.15) is 16.8 Å². The molecule has 1 aromatic heterocycles. The quantitative estimate of drug-likeness (QED) is 0.399. The molecule has 0 spiro atoms. The van der Waals surface area contributed by atoms with Crippen LogP contribution in [-0.4, -0.2) is 49.5 Å². The monoisotopic (exact) mass is 504 g/mol. The van der Waals surface area contributed by atoms with Gasteiger partial charge in [-0.25, -0.2) is 22.5 Å². The van der Waals surface area contributed by atoms with Crippen molar-refractivity contribution in [3.63, 3.8) is 0 Å². The van der Waals surface area contributed by atoms with Gasteiger partial charge in [-0.1, -0.05) is 23.7 Å². The summed E-state index contributed by atoms with van der Waals surface area (Å²) in [6.07, 6.45) is 1.60. The average Bonchev–Trinajstić information content (AvgIpc) is 2.81. The van der Waals surface area contributed by atoms with Gasteiger partial charge in [0, 0.05) is 24.3 Å². The molecule has 1 aliphatic heterocycles. The van der Waals surface area contributed by atoms with Crippen LogP contribution in [0.3, 0.4) is 0 Å². The van der Waals surface area contributed by atoms with Gasteiger partial charge in [-0.15, -0.1) is 0 Å². The van der Waals surface area contributed by atoms with E-state index in [1.807, 2.05) is 7.05 Å². The first kappa shape index (κ1) is 24.3. The van der Waals surface area contributed by atoms with Crippen LogP contribution in [0.5, 0.6) is 0 Å². The standard InChI is InChI=1S/C23H26ClFN6O2S/c1-31-12-10-19(11-13-31)30-34(32,33)20-8-2-16(3-9-20)15-26-23-28-21(24)14-22(29-23)27-18-6-4-17(25)5-7-18/h2-9,14,19,30H,10-13,15H2,1H3,(H2,26,27,28,29). The Morgan fingerprint density at radius 3 is 2.41 bits per heavy atom. The summed E-state index contributed by atoms with van der Waals surface area (Å²) in [4.78, 5) is 11.0. The molecule has 11 heteroatoms. The van der Waals surface area contributed by atoms with Gasteiger partial charge in [-0.2, -0.15) is 4.98 Å². The van der Waals surface area contributed by atoms with E-state index in [1.54, 1.807) is 42.5 Å². The van der Waals surface area contributed by atoms with Crippen molar-refractivity contribution in [2.24, 2.45) is 0 Å². The molecule has 0 atom stereocenters. The fourth-order valence-corrected chi connectivity index (χ4v) is 5.11. The molecule has 1 aliphatic rings. The molecule has 1 saturated heterocycles. The number of anilines is 3. The Labute approximate surface area is 203 Å². The molecule has 0 bridgehead atoms. The summed E-state index contributed by atoms with van der Waals surface area (Å²) >= 11 is 6.11. The lowest BCUT2D eigenvalue weighted by atomic mass is 10.1. The van der Waals surface area contributed by atoms with Crippen LogP contribution in [0.4, 0.5) is 21.8 Å². The second-order valence-corrected chi connectivity index (χ2v) is 10.3. The van der Waals surface area contributed by atoms with E-state index in [1.165, 1.54) is 12.1 Å². The van der Waals surface area contributed by atoms with E-state index in [2.05, 4.69) is 30.2 Å². The Morgan fingerprint density at radius 2 is 1.74 bits per heavy atom. The molecule has 2 aromatic carbocycles. The first-order chi connectivity index (χ1) is 16.3. The van der Waals surface area contributed by atoms with Crippen molar-refractivity contribution in [3.8, 4) is 0 Å². The highest BCUT2D eigenvalue weighted by Gasteiger charge is 2.23. The molecule has 3 N–H and O–H groups in total. The Balaban J connectivity index is 1.36. The third kappa shape index (κ3) is 6.63. The lowest BCUT2D eigenvalue weighted by Gasteiger charge is -2.29. The number of piperidine rings is 1. The van der Waals surface area contributed by atoms with Crippen LogP contribution in [0.15, 0.2) is 59.5 Å². The maximum atomic E-state index is 13.1. The molecule has 0 unspecified atom stereocenters. The van der Waals surface area contributed by atoms with Crippen molar-refractivity contribution in [1.29, 1.82) is 0 Å². The van der Waals surface area contributed by atoms with Gasteiger partial charge < -0.3 is 15.5 Å². The Morgan fingerprint density at radius 1 is 1.06 bits per heavy atom. The van der Waals surface area contributed by atoms with Gasteiger partial charge in [0.2, 0.25) is 16.0 Å². The van der Waals surface area contributed by atoms with Gasteiger partial charge in [-0.3, -0.25) is 0 Å². The molecular weight excluding hydrogens is 479 g/mol. The van der Waals surface area contributed by atoms with E-state index in [0.29, 0.717) is 24.0 Å². The highest BCUT2D eigenvalue weighted by molar-refractivity contribution is 7.89. The van der Waals surface area contributed by atoms with Gasteiger partial charge in [-0.05, 0) is 74.9 Å². The minimum Gasteiger partial charge on any atom is -0.350 e. The zero-order valence-corrected chi connectivity index (χ0v) is 20.2. The largest absolute Gasteiger partial charge is 0.350 e. The number of benzene rings is 2. The summed E-state index contributed by atoms with van der Waals surface area (Å²) in [5, 5.41) is 6.38. The molecular formula is C23H26ClFN6O2S. The number of likely N-dealkylation sites (tertiary alicyclic amines) is 1. The van der Waals surface area contributed by atoms with Crippen molar-refractivity contribution in [2.45, 2.75) is 30.3 Å². The second kappa shape index (κ2) is 10.6. The summed E-state index contributed by atoms with van der Waals surface area (Å²) in [7, 11) is -1.53. The average molecular weight is 505 g/mol. The van der Waals surface area contributed by atoms with Crippen LogP contribution in [0.25, 0.3) is 0 Å². The van der Waals surface area contributed by atoms with E-state index >= 15 is 0 Å². The maximum absolute atomic E-state index is 13.1. The van der Waals surface area contributed by atoms with E-state index in [0.717, 1.165) is 31.5 Å². The van der Waals surface area contributed by atoms with Crippen LogP contribution < -0.4 is 15.4 Å². The number of halogens is 2. The maximum Gasteiger partial charge on any atom is 0.240 e. The van der Waals surface area contributed by atoms with Crippen molar-refractivity contribution >= 4 is 39.1 Å². The molecule has 1 fully saturated rings. The smallest absolute Gasteiger partial charge is 0.240 e. The van der Waals surface area contributed by atoms with Crippen LogP contribution >= 0.6 is 11.6 Å². The predicted molar refractivity (Wildman–Crippen MR) is 131 cm³/mol. The predicted octanol–water partition coefficient (Wildman–Crippen LogP) is 4.00. The molecule has 2 heterocycles. The number of nitrogens with one attached hydrogen (secondary N) is 3. The van der Waals surface area contributed by atoms with Gasteiger partial charge >= 0.3 is 0 Å². The molecule has 180 valence electrons. The molecule has 0 radical (unpaired) electrons. The van der Waals surface area contributed by atoms with E-state index < -0.39 is 10.0 Å². The van der Waals surface area contributed by atoms with Crippen molar-refractivity contribution in [1.82, 2.24) is 19.6 Å². The second-order valence-electron chi connectivity index (χ2n) is 8.23. The van der Waals surface area contributed by atoms with Crippen LogP contribution in [0.1, 0.15) is 18.4 Å². The Bertz CT molecular complexity index is 1220. The Hall–Kier alpha value is -2.79. The normalized spacial score (nSPS) is 15.3. The number of nitrogens with zero attached hydrogens (tertiary/aromatic N) is 3. The highest BCUT2D eigenvalue weighted by Crippen LogP contribution is 2.20. The van der Waals surface area contributed by atoms with Crippen LogP contribution in [0.2, 0.25) is 5.15 Å². The molecule has 34 heavy (non-hydrogen) atoms. The molecule has 0 saturated carbocycles. The highest BCUT2D eigenvalue weighted by atomic mass is 35.5. The fourth-order valence-electron chi connectivity index (χ4n) is 3.62. The third-order valence-corrected chi connectivity index (χ3v) is 7.27. The lowest BCUT2D eigenvalue weighted by Crippen LogP contribution is -2.43. The molecule has 8 nitrogen and oxygen atoms in total. The number of hydrogen-bond acceptors (Lipinski definition) is 7. The summed E-state index contributed by atoms with van der Waals surface area (Å²) in [6, 6.07) is 14.1. The SMILES string of the molecule is CN1CCC(NS(=O)(=O)c2ccc(CNc3nc(Cl)cc(Nc4ccc(F)cc4)n3)cc2)CC1. The zero-order valence-electron chi connectivity index (χ0n) is 18.6. The minimum absolute atomic E-state index is 0.0414. The first-order valence-corrected chi connectivity index (χ1v) is 12.7. The van der Waals surface area contributed by atoms with Crippen molar-refractivity contribution in [2.75, 3.05) is 30.8 Å². The van der Waals surface area contributed by atoms with Crippen LogP contribution in [0, 0.1) is 5.82 Å². The number of rotatable bonds is 8. The summed E-state index contributed by atoms with van der Waals surface area (Å²) in [5.41, 5.74) is 1.52. The number of aromatic nitrogens is 2. The summed E-state index contributed by atoms with van der Waals surface area (Å²) in [6.45, 7) is 2.13. The first-order valence-electron chi connectivity index (χ1n) is 10.9. The van der Waals surface area contributed by atoms with E-state index in [-0.39, 0.29) is 21.9 Å². The van der Waals surface area contributed by atoms with Gasteiger partial charge in [0.05, 0.1) is 4.90 Å².